The van der Waals surface area contributed by atoms with E-state index in [4.69, 9.17) is 0 Å². The van der Waals surface area contributed by atoms with E-state index in [2.05, 4.69) is 49.1 Å². The summed E-state index contributed by atoms with van der Waals surface area (Å²) in [4.78, 5) is 0. The predicted molar refractivity (Wildman–Crippen MR) is 59.5 cm³/mol. The molecule has 1 aromatic rings. The minimum Gasteiger partial charge on any atom is -0.354 e. The molecule has 1 aliphatic rings. The average Bonchev–Trinajstić information content (AvgIpc) is 2.43. The van der Waals surface area contributed by atoms with Gasteiger partial charge < -0.3 is 9.88 Å². The quantitative estimate of drug-likeness (QED) is 0.758. The van der Waals surface area contributed by atoms with Gasteiger partial charge >= 0.3 is 0 Å². The van der Waals surface area contributed by atoms with Crippen LogP contribution in [-0.2, 0) is 12.0 Å². The molecule has 1 aromatic heterocycles. The number of hydrogen-bond donors (Lipinski definition) is 1. The Kier molecular flexibility index (Phi) is 2.40. The van der Waals surface area contributed by atoms with Crippen LogP contribution in [0.5, 0.6) is 0 Å². The van der Waals surface area contributed by atoms with E-state index in [9.17, 15) is 0 Å². The highest BCUT2D eigenvalue weighted by Crippen LogP contribution is 2.22. The average molecular weight is 192 g/mol. The second kappa shape index (κ2) is 3.43. The van der Waals surface area contributed by atoms with E-state index >= 15 is 0 Å². The number of nitrogens with zero attached hydrogens (tertiary/aromatic N) is 1. The molecular weight excluding hydrogens is 172 g/mol. The van der Waals surface area contributed by atoms with Crippen molar-refractivity contribution in [3.63, 3.8) is 0 Å². The van der Waals surface area contributed by atoms with Crippen molar-refractivity contribution in [2.24, 2.45) is 5.92 Å². The summed E-state index contributed by atoms with van der Waals surface area (Å²) in [6, 6.07) is 2.24. The first-order chi connectivity index (χ1) is 6.55. The number of aromatic nitrogens is 1. The third kappa shape index (κ3) is 2.01. The van der Waals surface area contributed by atoms with Gasteiger partial charge in [-0.05, 0) is 17.0 Å². The van der Waals surface area contributed by atoms with Gasteiger partial charge in [-0.2, -0.15) is 0 Å². The molecule has 1 aliphatic heterocycles. The van der Waals surface area contributed by atoms with Crippen LogP contribution < -0.4 is 5.32 Å². The maximum absolute atomic E-state index is 3.31. The van der Waals surface area contributed by atoms with Gasteiger partial charge in [-0.15, -0.1) is 0 Å². The predicted octanol–water partition coefficient (Wildman–Crippen LogP) is 2.00. The molecule has 1 N–H and O–H groups in total. The van der Waals surface area contributed by atoms with Gasteiger partial charge in [0.1, 0.15) is 0 Å². The SMILES string of the molecule is CC(C)(C)c1ccn(CC2CNC2)c1. The Morgan fingerprint density at radius 3 is 2.57 bits per heavy atom. The number of rotatable bonds is 2. The molecule has 0 atom stereocenters. The van der Waals surface area contributed by atoms with Gasteiger partial charge in [0.2, 0.25) is 0 Å². The van der Waals surface area contributed by atoms with Crippen molar-refractivity contribution < 1.29 is 0 Å². The van der Waals surface area contributed by atoms with E-state index < -0.39 is 0 Å². The van der Waals surface area contributed by atoms with Crippen molar-refractivity contribution in [3.8, 4) is 0 Å². The van der Waals surface area contributed by atoms with Gasteiger partial charge in [-0.25, -0.2) is 0 Å². The number of hydrogen-bond acceptors (Lipinski definition) is 1. The second-order valence-electron chi connectivity index (χ2n) is 5.37. The van der Waals surface area contributed by atoms with Gasteiger partial charge in [-0.1, -0.05) is 20.8 Å². The Hall–Kier alpha value is -0.760. The molecule has 2 nitrogen and oxygen atoms in total. The first kappa shape index (κ1) is 9.78. The Labute approximate surface area is 86.3 Å². The second-order valence-corrected chi connectivity index (χ2v) is 5.37. The molecule has 1 saturated heterocycles. The zero-order chi connectivity index (χ0) is 10.2. The van der Waals surface area contributed by atoms with Crippen molar-refractivity contribution in [1.82, 2.24) is 9.88 Å². The molecule has 0 saturated carbocycles. The summed E-state index contributed by atoms with van der Waals surface area (Å²) in [7, 11) is 0. The van der Waals surface area contributed by atoms with Crippen LogP contribution in [0.25, 0.3) is 0 Å². The lowest BCUT2D eigenvalue weighted by Gasteiger charge is -2.27. The molecule has 14 heavy (non-hydrogen) atoms. The Morgan fingerprint density at radius 2 is 2.14 bits per heavy atom. The van der Waals surface area contributed by atoms with Crippen LogP contribution in [-0.4, -0.2) is 17.7 Å². The lowest BCUT2D eigenvalue weighted by molar-refractivity contribution is 0.307. The monoisotopic (exact) mass is 192 g/mol. The molecule has 0 aromatic carbocycles. The summed E-state index contributed by atoms with van der Waals surface area (Å²) < 4.78 is 2.33. The topological polar surface area (TPSA) is 17.0 Å². The standard InChI is InChI=1S/C12H20N2/c1-12(2,3)11-4-5-14(9-11)8-10-6-13-7-10/h4-5,9-10,13H,6-8H2,1-3H3. The normalized spacial score (nSPS) is 18.2. The highest BCUT2D eigenvalue weighted by atomic mass is 15.0. The van der Waals surface area contributed by atoms with Gasteiger partial charge in [0.15, 0.2) is 0 Å². The van der Waals surface area contributed by atoms with Gasteiger partial charge in [0.05, 0.1) is 0 Å². The summed E-state index contributed by atoms with van der Waals surface area (Å²) >= 11 is 0. The van der Waals surface area contributed by atoms with Crippen molar-refractivity contribution in [2.75, 3.05) is 13.1 Å². The molecule has 0 bridgehead atoms. The van der Waals surface area contributed by atoms with E-state index in [-0.39, 0.29) is 5.41 Å². The van der Waals surface area contributed by atoms with Gasteiger partial charge in [0.25, 0.3) is 0 Å². The van der Waals surface area contributed by atoms with Crippen molar-refractivity contribution in [3.05, 3.63) is 24.0 Å². The van der Waals surface area contributed by atoms with E-state index in [1.54, 1.807) is 0 Å². The fourth-order valence-electron chi connectivity index (χ4n) is 1.77. The van der Waals surface area contributed by atoms with Crippen LogP contribution in [0.2, 0.25) is 0 Å². The molecule has 0 radical (unpaired) electrons. The van der Waals surface area contributed by atoms with Crippen molar-refractivity contribution >= 4 is 0 Å². The zero-order valence-corrected chi connectivity index (χ0v) is 9.38. The zero-order valence-electron chi connectivity index (χ0n) is 9.38. The maximum atomic E-state index is 3.31. The molecule has 0 amide bonds. The Morgan fingerprint density at radius 1 is 1.43 bits per heavy atom. The summed E-state index contributed by atoms with van der Waals surface area (Å²) in [6.07, 6.45) is 4.50. The molecule has 0 spiro atoms. The summed E-state index contributed by atoms with van der Waals surface area (Å²) in [5.41, 5.74) is 1.72. The minimum absolute atomic E-state index is 0.281. The van der Waals surface area contributed by atoms with Crippen LogP contribution in [0, 0.1) is 5.92 Å². The molecule has 0 aliphatic carbocycles. The minimum atomic E-state index is 0.281. The highest BCUT2D eigenvalue weighted by Gasteiger charge is 2.18. The van der Waals surface area contributed by atoms with Crippen LogP contribution >= 0.6 is 0 Å². The lowest BCUT2D eigenvalue weighted by Crippen LogP contribution is -2.44. The van der Waals surface area contributed by atoms with E-state index in [0.29, 0.717) is 0 Å². The largest absolute Gasteiger partial charge is 0.354 e. The van der Waals surface area contributed by atoms with Crippen LogP contribution in [0.1, 0.15) is 26.3 Å². The summed E-state index contributed by atoms with van der Waals surface area (Å²) in [6.45, 7) is 10.3. The molecule has 0 unspecified atom stereocenters. The maximum Gasteiger partial charge on any atom is 0.0272 e. The molecule has 2 heterocycles. The van der Waals surface area contributed by atoms with Gasteiger partial charge in [-0.3, -0.25) is 0 Å². The third-order valence-corrected chi connectivity index (χ3v) is 2.95. The van der Waals surface area contributed by atoms with Crippen LogP contribution in [0.3, 0.4) is 0 Å². The molecular formula is C12H20N2. The summed E-state index contributed by atoms with van der Waals surface area (Å²) in [5.74, 6) is 0.843. The van der Waals surface area contributed by atoms with E-state index in [0.717, 1.165) is 5.92 Å². The van der Waals surface area contributed by atoms with Crippen LogP contribution in [0.4, 0.5) is 0 Å². The first-order valence-electron chi connectivity index (χ1n) is 5.43. The van der Waals surface area contributed by atoms with Crippen molar-refractivity contribution in [1.29, 1.82) is 0 Å². The fraction of sp³-hybridized carbons (Fsp3) is 0.667. The molecule has 2 heteroatoms. The smallest absolute Gasteiger partial charge is 0.0272 e. The fourth-order valence-corrected chi connectivity index (χ4v) is 1.77. The molecule has 2 rings (SSSR count). The van der Waals surface area contributed by atoms with Gasteiger partial charge in [0, 0.05) is 37.9 Å². The van der Waals surface area contributed by atoms with E-state index in [1.807, 2.05) is 0 Å². The lowest BCUT2D eigenvalue weighted by atomic mass is 9.89. The molecule has 78 valence electrons. The third-order valence-electron chi connectivity index (χ3n) is 2.95. The highest BCUT2D eigenvalue weighted by molar-refractivity contribution is 5.19. The number of nitrogens with one attached hydrogen (secondary N) is 1. The first-order valence-corrected chi connectivity index (χ1v) is 5.43. The van der Waals surface area contributed by atoms with Crippen LogP contribution in [0.15, 0.2) is 18.5 Å². The Bertz CT molecular complexity index is 302. The molecule has 1 fully saturated rings. The van der Waals surface area contributed by atoms with Crippen molar-refractivity contribution in [2.45, 2.75) is 32.7 Å². The Balaban J connectivity index is 2.02. The summed E-state index contributed by atoms with van der Waals surface area (Å²) in [5, 5.41) is 3.31. The van der Waals surface area contributed by atoms with E-state index in [1.165, 1.54) is 25.2 Å².